The van der Waals surface area contributed by atoms with Gasteiger partial charge in [-0.2, -0.15) is 0 Å². The first-order chi connectivity index (χ1) is 11.6. The van der Waals surface area contributed by atoms with Crippen LogP contribution in [-0.4, -0.2) is 18.4 Å². The highest BCUT2D eigenvalue weighted by Crippen LogP contribution is 2.25. The van der Waals surface area contributed by atoms with Crippen LogP contribution in [-0.2, 0) is 17.6 Å². The number of benzene rings is 2. The van der Waals surface area contributed by atoms with E-state index < -0.39 is 5.91 Å². The third kappa shape index (κ3) is 3.74. The van der Waals surface area contributed by atoms with Crippen molar-refractivity contribution < 1.29 is 14.3 Å². The second-order valence-electron chi connectivity index (χ2n) is 5.89. The van der Waals surface area contributed by atoms with Crippen molar-refractivity contribution in [2.24, 2.45) is 0 Å². The number of rotatable bonds is 4. The number of carbonyl (C=O) groups is 2. The van der Waals surface area contributed by atoms with Gasteiger partial charge in [-0.05, 0) is 61.1 Å². The van der Waals surface area contributed by atoms with Gasteiger partial charge in [0.2, 0.25) is 0 Å². The van der Waals surface area contributed by atoms with E-state index in [1.165, 1.54) is 17.5 Å². The molecule has 0 fully saturated rings. The first-order valence-corrected chi connectivity index (χ1v) is 8.03. The van der Waals surface area contributed by atoms with Crippen LogP contribution in [0.25, 0.3) is 0 Å². The molecule has 124 valence electrons. The lowest BCUT2D eigenvalue weighted by Gasteiger charge is -2.10. The number of nitrogens with one attached hydrogen (secondary N) is 2. The third-order valence-corrected chi connectivity index (χ3v) is 4.15. The molecule has 2 N–H and O–H groups in total. The molecule has 5 nitrogen and oxygen atoms in total. The molecule has 1 aliphatic carbocycles. The maximum absolute atomic E-state index is 12.0. The molecule has 0 heterocycles. The normalized spacial score (nSPS) is 12.4. The fourth-order valence-corrected chi connectivity index (χ4v) is 2.84. The zero-order valence-corrected chi connectivity index (χ0v) is 13.6. The van der Waals surface area contributed by atoms with Crippen LogP contribution in [0.5, 0.6) is 5.75 Å². The lowest BCUT2D eigenvalue weighted by Crippen LogP contribution is -2.44. The van der Waals surface area contributed by atoms with Crippen LogP contribution in [0.3, 0.4) is 0 Å². The van der Waals surface area contributed by atoms with E-state index in [-0.39, 0.29) is 12.5 Å². The molecule has 5 heteroatoms. The quantitative estimate of drug-likeness (QED) is 0.848. The van der Waals surface area contributed by atoms with Gasteiger partial charge in [-0.25, -0.2) is 0 Å². The van der Waals surface area contributed by atoms with Crippen molar-refractivity contribution in [2.45, 2.75) is 26.2 Å². The summed E-state index contributed by atoms with van der Waals surface area (Å²) in [6.07, 6.45) is 3.34. The Morgan fingerprint density at radius 3 is 2.67 bits per heavy atom. The number of ether oxygens (including phenoxy) is 1. The summed E-state index contributed by atoms with van der Waals surface area (Å²) in [5.41, 5.74) is 8.79. The van der Waals surface area contributed by atoms with Gasteiger partial charge in [-0.3, -0.25) is 20.4 Å². The van der Waals surface area contributed by atoms with Crippen LogP contribution >= 0.6 is 0 Å². The highest BCUT2D eigenvalue weighted by atomic mass is 16.5. The molecule has 24 heavy (non-hydrogen) atoms. The smallest absolute Gasteiger partial charge is 0.276 e. The van der Waals surface area contributed by atoms with Gasteiger partial charge in [-0.1, -0.05) is 24.3 Å². The summed E-state index contributed by atoms with van der Waals surface area (Å²) < 4.78 is 5.49. The van der Waals surface area contributed by atoms with Crippen molar-refractivity contribution in [1.82, 2.24) is 10.9 Å². The average molecular weight is 324 g/mol. The Kier molecular flexibility index (Phi) is 4.79. The number of hydrazine groups is 1. The summed E-state index contributed by atoms with van der Waals surface area (Å²) in [7, 11) is 0. The van der Waals surface area contributed by atoms with Gasteiger partial charge in [0.15, 0.2) is 6.61 Å². The molecule has 0 saturated carbocycles. The molecule has 0 radical (unpaired) electrons. The first kappa shape index (κ1) is 16.1. The zero-order valence-electron chi connectivity index (χ0n) is 13.6. The van der Waals surface area contributed by atoms with Crippen LogP contribution in [0, 0.1) is 6.92 Å². The van der Waals surface area contributed by atoms with Crippen molar-refractivity contribution in [3.63, 3.8) is 0 Å². The number of hydrogen-bond acceptors (Lipinski definition) is 3. The molecule has 1 aliphatic rings. The molecule has 2 aromatic rings. The Balaban J connectivity index is 1.48. The molecular weight excluding hydrogens is 304 g/mol. The van der Waals surface area contributed by atoms with Crippen LogP contribution < -0.4 is 15.6 Å². The fourth-order valence-electron chi connectivity index (χ4n) is 2.84. The van der Waals surface area contributed by atoms with Crippen LogP contribution in [0.1, 0.15) is 33.5 Å². The molecule has 2 amide bonds. The van der Waals surface area contributed by atoms with Crippen molar-refractivity contribution in [1.29, 1.82) is 0 Å². The molecule has 2 aromatic carbocycles. The molecule has 0 aromatic heterocycles. The molecule has 0 saturated heterocycles. The topological polar surface area (TPSA) is 67.4 Å². The zero-order chi connectivity index (χ0) is 16.9. The third-order valence-electron chi connectivity index (χ3n) is 4.15. The molecule has 0 spiro atoms. The lowest BCUT2D eigenvalue weighted by atomic mass is 10.1. The molecule has 0 aliphatic heterocycles. The highest BCUT2D eigenvalue weighted by molar-refractivity contribution is 5.96. The Bertz CT molecular complexity index is 771. The number of aryl methyl sites for hydroxylation is 3. The Morgan fingerprint density at radius 2 is 1.83 bits per heavy atom. The van der Waals surface area contributed by atoms with E-state index in [1.54, 1.807) is 12.1 Å². The molecule has 0 atom stereocenters. The van der Waals surface area contributed by atoms with Crippen LogP contribution in [0.2, 0.25) is 0 Å². The first-order valence-electron chi connectivity index (χ1n) is 8.03. The monoisotopic (exact) mass is 324 g/mol. The average Bonchev–Trinajstić information content (AvgIpc) is 3.06. The van der Waals surface area contributed by atoms with Crippen molar-refractivity contribution in [2.75, 3.05) is 6.61 Å². The van der Waals surface area contributed by atoms with Crippen LogP contribution in [0.4, 0.5) is 0 Å². The largest absolute Gasteiger partial charge is 0.484 e. The standard InChI is InChI=1S/C19H20N2O3/c1-13-5-2-3-8-17(13)19(23)21-20-18(22)12-24-16-10-9-14-6-4-7-15(14)11-16/h2-3,5,8-11H,4,6-7,12H2,1H3,(H,20,22)(H,21,23). The summed E-state index contributed by atoms with van der Waals surface area (Å²) in [5, 5.41) is 0. The lowest BCUT2D eigenvalue weighted by molar-refractivity contribution is -0.123. The number of hydrogen-bond donors (Lipinski definition) is 2. The minimum absolute atomic E-state index is 0.146. The summed E-state index contributed by atoms with van der Waals surface area (Å²) in [6.45, 7) is 1.69. The summed E-state index contributed by atoms with van der Waals surface area (Å²) in [5.74, 6) is -0.0764. The maximum Gasteiger partial charge on any atom is 0.276 e. The van der Waals surface area contributed by atoms with E-state index in [0.717, 1.165) is 18.4 Å². The number of carbonyl (C=O) groups excluding carboxylic acids is 2. The minimum atomic E-state index is -0.405. The van der Waals surface area contributed by atoms with Crippen molar-refractivity contribution in [3.8, 4) is 5.75 Å². The van der Waals surface area contributed by atoms with E-state index in [4.69, 9.17) is 4.74 Å². The Morgan fingerprint density at radius 1 is 1.04 bits per heavy atom. The minimum Gasteiger partial charge on any atom is -0.484 e. The van der Waals surface area contributed by atoms with Crippen molar-refractivity contribution >= 4 is 11.8 Å². The van der Waals surface area contributed by atoms with E-state index >= 15 is 0 Å². The molecular formula is C19H20N2O3. The van der Waals surface area contributed by atoms with E-state index in [1.807, 2.05) is 31.2 Å². The predicted molar refractivity (Wildman–Crippen MR) is 90.7 cm³/mol. The van der Waals surface area contributed by atoms with Crippen molar-refractivity contribution in [3.05, 3.63) is 64.7 Å². The van der Waals surface area contributed by atoms with Gasteiger partial charge in [0.25, 0.3) is 11.8 Å². The number of amides is 2. The predicted octanol–water partition coefficient (Wildman–Crippen LogP) is 2.32. The van der Waals surface area contributed by atoms with Gasteiger partial charge < -0.3 is 4.74 Å². The van der Waals surface area contributed by atoms with E-state index in [0.29, 0.717) is 11.3 Å². The molecule has 3 rings (SSSR count). The van der Waals surface area contributed by atoms with E-state index in [9.17, 15) is 9.59 Å². The molecule has 0 unspecified atom stereocenters. The number of fused-ring (bicyclic) bond motifs is 1. The van der Waals surface area contributed by atoms with Gasteiger partial charge in [0.1, 0.15) is 5.75 Å². The second kappa shape index (κ2) is 7.17. The van der Waals surface area contributed by atoms with Crippen LogP contribution in [0.15, 0.2) is 42.5 Å². The maximum atomic E-state index is 12.0. The Hall–Kier alpha value is -2.82. The van der Waals surface area contributed by atoms with Gasteiger partial charge in [0.05, 0.1) is 0 Å². The Labute approximate surface area is 141 Å². The van der Waals surface area contributed by atoms with Gasteiger partial charge in [-0.15, -0.1) is 0 Å². The second-order valence-corrected chi connectivity index (χ2v) is 5.89. The van der Waals surface area contributed by atoms with Gasteiger partial charge in [0, 0.05) is 5.56 Å². The summed E-state index contributed by atoms with van der Waals surface area (Å²) in [6, 6.07) is 13.1. The summed E-state index contributed by atoms with van der Waals surface area (Å²) in [4.78, 5) is 23.8. The fraction of sp³-hybridized carbons (Fsp3) is 0.263. The SMILES string of the molecule is Cc1ccccc1C(=O)NNC(=O)COc1ccc2c(c1)CCC2. The summed E-state index contributed by atoms with van der Waals surface area (Å²) >= 11 is 0. The van der Waals surface area contributed by atoms with E-state index in [2.05, 4.69) is 16.9 Å². The van der Waals surface area contributed by atoms with Gasteiger partial charge >= 0.3 is 0 Å². The highest BCUT2D eigenvalue weighted by Gasteiger charge is 2.12. The molecule has 0 bridgehead atoms.